The molecular weight excluding hydrogens is 356 g/mol. The first-order chi connectivity index (χ1) is 13.3. The molecule has 0 radical (unpaired) electrons. The Labute approximate surface area is 165 Å². The van der Waals surface area contributed by atoms with Crippen LogP contribution in [-0.4, -0.2) is 39.1 Å². The lowest BCUT2D eigenvalue weighted by Crippen LogP contribution is -2.42. The minimum Gasteiger partial charge on any atom is -0.456 e. The number of ether oxygens (including phenoxy) is 1. The predicted octanol–water partition coefficient (Wildman–Crippen LogP) is 2.83. The van der Waals surface area contributed by atoms with Crippen LogP contribution in [0.25, 0.3) is 5.65 Å². The van der Waals surface area contributed by atoms with E-state index >= 15 is 0 Å². The van der Waals surface area contributed by atoms with E-state index in [1.54, 1.807) is 0 Å². The van der Waals surface area contributed by atoms with Crippen LogP contribution in [0.5, 0.6) is 0 Å². The molecule has 0 aliphatic heterocycles. The van der Waals surface area contributed by atoms with Crippen molar-refractivity contribution >= 4 is 17.5 Å². The number of aryl methyl sites for hydroxylation is 3. The molecule has 1 aliphatic rings. The first-order valence-corrected chi connectivity index (χ1v) is 10.1. The summed E-state index contributed by atoms with van der Waals surface area (Å²) in [6, 6.07) is 2.13. The highest BCUT2D eigenvalue weighted by Crippen LogP contribution is 2.23. The Morgan fingerprint density at radius 3 is 2.75 bits per heavy atom. The summed E-state index contributed by atoms with van der Waals surface area (Å²) in [5.74, 6) is -0.107. The van der Waals surface area contributed by atoms with Gasteiger partial charge in [0.05, 0.1) is 5.69 Å². The van der Waals surface area contributed by atoms with E-state index in [0.29, 0.717) is 12.3 Å². The van der Waals surface area contributed by atoms with E-state index in [2.05, 4.69) is 22.3 Å². The van der Waals surface area contributed by atoms with Crippen LogP contribution in [0.15, 0.2) is 6.07 Å². The Bertz CT molecular complexity index is 874. The summed E-state index contributed by atoms with van der Waals surface area (Å²) >= 11 is 0. The van der Waals surface area contributed by atoms with Crippen molar-refractivity contribution in [1.29, 1.82) is 0 Å². The van der Waals surface area contributed by atoms with Gasteiger partial charge in [0, 0.05) is 29.9 Å². The third-order valence-electron chi connectivity index (χ3n) is 5.69. The van der Waals surface area contributed by atoms with E-state index < -0.39 is 0 Å². The van der Waals surface area contributed by atoms with Gasteiger partial charge >= 0.3 is 5.97 Å². The molecule has 152 valence electrons. The zero-order valence-corrected chi connectivity index (χ0v) is 17.2. The predicted molar refractivity (Wildman–Crippen MR) is 106 cm³/mol. The lowest BCUT2D eigenvalue weighted by Gasteiger charge is -2.29. The number of hydrogen-bond donors (Lipinski definition) is 1. The van der Waals surface area contributed by atoms with Crippen LogP contribution in [0.4, 0.5) is 0 Å². The van der Waals surface area contributed by atoms with Gasteiger partial charge in [-0.2, -0.15) is 5.10 Å². The van der Waals surface area contributed by atoms with Crippen molar-refractivity contribution in [2.45, 2.75) is 72.3 Å². The molecule has 28 heavy (non-hydrogen) atoms. The van der Waals surface area contributed by atoms with Crippen LogP contribution in [0.2, 0.25) is 0 Å². The fourth-order valence-electron chi connectivity index (χ4n) is 4.03. The highest BCUT2D eigenvalue weighted by Gasteiger charge is 2.23. The van der Waals surface area contributed by atoms with Gasteiger partial charge in [-0.25, -0.2) is 9.50 Å². The van der Waals surface area contributed by atoms with Crippen molar-refractivity contribution in [2.75, 3.05) is 6.61 Å². The minimum atomic E-state index is -0.373. The van der Waals surface area contributed by atoms with E-state index in [0.717, 1.165) is 47.6 Å². The molecule has 1 fully saturated rings. The summed E-state index contributed by atoms with van der Waals surface area (Å²) in [7, 11) is 0. The fraction of sp³-hybridized carbons (Fsp3) is 0.619. The number of nitrogens with zero attached hydrogens (tertiary/aromatic N) is 3. The second-order valence-electron chi connectivity index (χ2n) is 7.91. The average Bonchev–Trinajstić information content (AvgIpc) is 3.02. The molecule has 0 unspecified atom stereocenters. The summed E-state index contributed by atoms with van der Waals surface area (Å²) in [6.45, 7) is 7.80. The third kappa shape index (κ3) is 4.69. The highest BCUT2D eigenvalue weighted by molar-refractivity contribution is 5.80. The van der Waals surface area contributed by atoms with Crippen LogP contribution >= 0.6 is 0 Å². The molecule has 7 nitrogen and oxygen atoms in total. The number of aromatic nitrogens is 3. The van der Waals surface area contributed by atoms with Crippen molar-refractivity contribution in [2.24, 2.45) is 5.92 Å². The van der Waals surface area contributed by atoms with Crippen LogP contribution in [0.1, 0.15) is 61.7 Å². The largest absolute Gasteiger partial charge is 0.456 e. The fourth-order valence-corrected chi connectivity index (χ4v) is 4.03. The lowest BCUT2D eigenvalue weighted by atomic mass is 9.86. The molecule has 2 heterocycles. The maximum Gasteiger partial charge on any atom is 0.306 e. The zero-order chi connectivity index (χ0) is 20.3. The van der Waals surface area contributed by atoms with Crippen LogP contribution < -0.4 is 5.32 Å². The zero-order valence-electron chi connectivity index (χ0n) is 17.2. The Morgan fingerprint density at radius 1 is 1.25 bits per heavy atom. The Morgan fingerprint density at radius 2 is 2.00 bits per heavy atom. The second-order valence-corrected chi connectivity index (χ2v) is 7.91. The quantitative estimate of drug-likeness (QED) is 0.772. The number of nitrogens with one attached hydrogen (secondary N) is 1. The molecule has 3 rings (SSSR count). The average molecular weight is 386 g/mol. The molecule has 0 aromatic carbocycles. The summed E-state index contributed by atoms with van der Waals surface area (Å²) in [5.41, 5.74) is 4.58. The molecule has 1 saturated carbocycles. The van der Waals surface area contributed by atoms with Crippen LogP contribution in [0, 0.1) is 26.7 Å². The summed E-state index contributed by atoms with van der Waals surface area (Å²) in [6.07, 6.45) is 5.23. The molecule has 0 bridgehead atoms. The van der Waals surface area contributed by atoms with E-state index in [1.807, 2.05) is 31.4 Å². The van der Waals surface area contributed by atoms with Crippen LogP contribution in [-0.2, 0) is 20.7 Å². The molecule has 1 N–H and O–H groups in total. The molecule has 0 spiro atoms. The van der Waals surface area contributed by atoms with Gasteiger partial charge in [0.1, 0.15) is 0 Å². The number of rotatable bonds is 6. The summed E-state index contributed by atoms with van der Waals surface area (Å²) in [4.78, 5) is 28.8. The summed E-state index contributed by atoms with van der Waals surface area (Å²) in [5, 5.41) is 7.45. The van der Waals surface area contributed by atoms with Gasteiger partial charge in [0.25, 0.3) is 5.91 Å². The van der Waals surface area contributed by atoms with Gasteiger partial charge in [0.15, 0.2) is 12.3 Å². The van der Waals surface area contributed by atoms with Gasteiger partial charge in [0.2, 0.25) is 0 Å². The standard InChI is InChI=1S/C21H30N4O3/c1-13-7-5-6-8-18(13)23-20(26)12-28-21(27)10-9-17-15(3)22-19-11-14(2)24-25(19)16(17)4/h11,13,18H,5-10,12H2,1-4H3,(H,23,26)/t13-,18+/m0/s1. The number of amides is 1. The van der Waals surface area contributed by atoms with Gasteiger partial charge in [-0.1, -0.05) is 19.8 Å². The monoisotopic (exact) mass is 386 g/mol. The SMILES string of the molecule is Cc1cc2nc(C)c(CCC(=O)OCC(=O)N[C@@H]3CCCC[C@@H]3C)c(C)n2n1. The first-order valence-electron chi connectivity index (χ1n) is 10.1. The topological polar surface area (TPSA) is 85.6 Å². The normalized spacial score (nSPS) is 19.6. The third-order valence-corrected chi connectivity index (χ3v) is 5.69. The smallest absolute Gasteiger partial charge is 0.306 e. The van der Waals surface area contributed by atoms with Crippen molar-refractivity contribution in [3.63, 3.8) is 0 Å². The van der Waals surface area contributed by atoms with Gasteiger partial charge in [-0.3, -0.25) is 9.59 Å². The van der Waals surface area contributed by atoms with E-state index in [-0.39, 0.29) is 30.9 Å². The van der Waals surface area contributed by atoms with Crippen molar-refractivity contribution < 1.29 is 14.3 Å². The number of carbonyl (C=O) groups is 2. The van der Waals surface area contributed by atoms with Crippen molar-refractivity contribution in [3.05, 3.63) is 28.7 Å². The molecule has 1 amide bonds. The van der Waals surface area contributed by atoms with E-state index in [9.17, 15) is 9.59 Å². The Kier molecular flexibility index (Phi) is 6.31. The van der Waals surface area contributed by atoms with Gasteiger partial charge < -0.3 is 10.1 Å². The van der Waals surface area contributed by atoms with Gasteiger partial charge in [-0.15, -0.1) is 0 Å². The molecule has 1 aliphatic carbocycles. The summed E-state index contributed by atoms with van der Waals surface area (Å²) < 4.78 is 6.99. The van der Waals surface area contributed by atoms with E-state index in [1.165, 1.54) is 6.42 Å². The Balaban J connectivity index is 1.50. The van der Waals surface area contributed by atoms with E-state index in [4.69, 9.17) is 4.74 Å². The molecular formula is C21H30N4O3. The number of fused-ring (bicyclic) bond motifs is 1. The minimum absolute atomic E-state index is 0.195. The lowest BCUT2D eigenvalue weighted by molar-refractivity contribution is -0.148. The molecule has 2 aromatic heterocycles. The second kappa shape index (κ2) is 8.71. The first kappa shape index (κ1) is 20.3. The number of carbonyl (C=O) groups excluding carboxylic acids is 2. The highest BCUT2D eigenvalue weighted by atomic mass is 16.5. The molecule has 7 heteroatoms. The van der Waals surface area contributed by atoms with Gasteiger partial charge in [-0.05, 0) is 51.5 Å². The van der Waals surface area contributed by atoms with Crippen molar-refractivity contribution in [3.8, 4) is 0 Å². The molecule has 0 saturated heterocycles. The molecule has 2 atom stereocenters. The number of hydrogen-bond acceptors (Lipinski definition) is 5. The molecule has 2 aromatic rings. The van der Waals surface area contributed by atoms with Crippen molar-refractivity contribution in [1.82, 2.24) is 19.9 Å². The maximum absolute atomic E-state index is 12.1. The maximum atomic E-state index is 12.1. The van der Waals surface area contributed by atoms with Crippen LogP contribution in [0.3, 0.4) is 0 Å². The Hall–Kier alpha value is -2.44. The number of esters is 1.